The number of nitrogens with zero attached hydrogens (tertiary/aromatic N) is 2. The van der Waals surface area contributed by atoms with Crippen LogP contribution in [0.2, 0.25) is 0 Å². The van der Waals surface area contributed by atoms with Gasteiger partial charge in [-0.1, -0.05) is 36.9 Å². The Labute approximate surface area is 111 Å². The van der Waals surface area contributed by atoms with Crippen molar-refractivity contribution in [3.8, 4) is 0 Å². The molecule has 0 aliphatic carbocycles. The smallest absolute Gasteiger partial charge is 0.161 e. The molecule has 1 aliphatic heterocycles. The van der Waals surface area contributed by atoms with Crippen LogP contribution in [0.4, 0.5) is 5.69 Å². The number of hydrogen-bond donors (Lipinski definition) is 1. The maximum absolute atomic E-state index is 4.61. The van der Waals surface area contributed by atoms with Gasteiger partial charge in [-0.15, -0.1) is 0 Å². The van der Waals surface area contributed by atoms with E-state index in [2.05, 4.69) is 40.4 Å². The Morgan fingerprint density at radius 1 is 1.28 bits per heavy atom. The van der Waals surface area contributed by atoms with Gasteiger partial charge in [0.2, 0.25) is 0 Å². The van der Waals surface area contributed by atoms with Gasteiger partial charge >= 0.3 is 0 Å². The molecule has 1 unspecified atom stereocenters. The summed E-state index contributed by atoms with van der Waals surface area (Å²) in [6.07, 6.45) is 0. The highest BCUT2D eigenvalue weighted by atomic mass is 32.2. The highest BCUT2D eigenvalue weighted by Gasteiger charge is 2.15. The molecule has 0 spiro atoms. The van der Waals surface area contributed by atoms with Crippen molar-refractivity contribution in [2.45, 2.75) is 19.1 Å². The zero-order valence-corrected chi connectivity index (χ0v) is 11.3. The van der Waals surface area contributed by atoms with Gasteiger partial charge in [0, 0.05) is 16.3 Å². The molecule has 0 fully saturated rings. The average Bonchev–Trinajstić information content (AvgIpc) is 2.76. The van der Waals surface area contributed by atoms with E-state index in [0.29, 0.717) is 5.25 Å². The van der Waals surface area contributed by atoms with Crippen LogP contribution in [0, 0.1) is 6.92 Å². The van der Waals surface area contributed by atoms with E-state index in [1.807, 2.05) is 19.1 Å². The molecule has 2 aromatic rings. The third-order valence-corrected chi connectivity index (χ3v) is 3.91. The lowest BCUT2D eigenvalue weighted by Gasteiger charge is -2.09. The number of nitrogens with one attached hydrogen (secondary N) is 1. The van der Waals surface area contributed by atoms with Crippen molar-refractivity contribution in [2.75, 3.05) is 11.9 Å². The summed E-state index contributed by atoms with van der Waals surface area (Å²) >= 11 is 1.78. The lowest BCUT2D eigenvalue weighted by molar-refractivity contribution is 0.976. The summed E-state index contributed by atoms with van der Waals surface area (Å²) in [5.41, 5.74) is 3.09. The number of rotatable bonds is 1. The van der Waals surface area contributed by atoms with E-state index >= 15 is 0 Å². The zero-order valence-electron chi connectivity index (χ0n) is 10.5. The second-order valence-electron chi connectivity index (χ2n) is 4.53. The van der Waals surface area contributed by atoms with Gasteiger partial charge in [0.05, 0.1) is 17.7 Å². The van der Waals surface area contributed by atoms with E-state index in [9.17, 15) is 0 Å². The van der Waals surface area contributed by atoms with Crippen molar-refractivity contribution in [3.05, 3.63) is 36.0 Å². The fourth-order valence-corrected chi connectivity index (χ4v) is 2.85. The van der Waals surface area contributed by atoms with Crippen molar-refractivity contribution in [1.29, 1.82) is 0 Å². The Balaban J connectivity index is 1.99. The maximum Gasteiger partial charge on any atom is 0.161 e. The van der Waals surface area contributed by atoms with E-state index in [1.165, 1.54) is 0 Å². The number of aryl methyl sites for hydroxylation is 1. The summed E-state index contributed by atoms with van der Waals surface area (Å²) in [7, 11) is 0. The fraction of sp³-hybridized carbons (Fsp3) is 0.286. The van der Waals surface area contributed by atoms with Crippen LogP contribution >= 0.6 is 11.8 Å². The summed E-state index contributed by atoms with van der Waals surface area (Å²) in [6, 6.07) is 10.3. The molecular weight excluding hydrogens is 242 g/mol. The quantitative estimate of drug-likeness (QED) is 0.850. The Morgan fingerprint density at radius 2 is 2.17 bits per heavy atom. The number of amidine groups is 1. The van der Waals surface area contributed by atoms with E-state index in [1.54, 1.807) is 11.8 Å². The molecule has 2 heterocycles. The van der Waals surface area contributed by atoms with Gasteiger partial charge in [0.25, 0.3) is 0 Å². The van der Waals surface area contributed by atoms with Crippen LogP contribution < -0.4 is 5.32 Å². The molecule has 18 heavy (non-hydrogen) atoms. The molecule has 0 bridgehead atoms. The van der Waals surface area contributed by atoms with Crippen LogP contribution in [0.3, 0.4) is 0 Å². The third kappa shape index (κ3) is 2.20. The minimum atomic E-state index is 0.567. The minimum Gasteiger partial charge on any atom is -0.333 e. The number of anilines is 1. The van der Waals surface area contributed by atoms with Gasteiger partial charge in [-0.05, 0) is 19.1 Å². The van der Waals surface area contributed by atoms with Gasteiger partial charge < -0.3 is 5.32 Å². The Morgan fingerprint density at radius 3 is 2.94 bits per heavy atom. The molecule has 1 N–H and O–H groups in total. The lowest BCUT2D eigenvalue weighted by atomic mass is 10.2. The summed E-state index contributed by atoms with van der Waals surface area (Å²) in [6.45, 7) is 5.10. The maximum atomic E-state index is 4.61. The number of thioether (sulfide) groups is 1. The van der Waals surface area contributed by atoms with Gasteiger partial charge in [0.15, 0.2) is 5.17 Å². The zero-order chi connectivity index (χ0) is 12.5. The van der Waals surface area contributed by atoms with Gasteiger partial charge in [-0.25, -0.2) is 0 Å². The highest BCUT2D eigenvalue weighted by molar-refractivity contribution is 8.15. The van der Waals surface area contributed by atoms with Crippen molar-refractivity contribution in [2.24, 2.45) is 4.99 Å². The normalized spacial score (nSPS) is 19.0. The molecule has 1 aromatic carbocycles. The van der Waals surface area contributed by atoms with E-state index in [4.69, 9.17) is 0 Å². The fourth-order valence-electron chi connectivity index (χ4n) is 2.01. The molecular formula is C14H15N3S. The first-order chi connectivity index (χ1) is 8.72. The largest absolute Gasteiger partial charge is 0.333 e. The van der Waals surface area contributed by atoms with E-state index in [0.717, 1.165) is 34.0 Å². The predicted molar refractivity (Wildman–Crippen MR) is 79.5 cm³/mol. The number of para-hydroxylation sites is 1. The van der Waals surface area contributed by atoms with Crippen LogP contribution in [0.15, 0.2) is 35.3 Å². The van der Waals surface area contributed by atoms with Crippen LogP contribution in [-0.4, -0.2) is 21.9 Å². The number of aromatic nitrogens is 1. The van der Waals surface area contributed by atoms with Gasteiger partial charge in [-0.2, -0.15) is 0 Å². The van der Waals surface area contributed by atoms with Crippen LogP contribution in [-0.2, 0) is 0 Å². The third-order valence-electron chi connectivity index (χ3n) is 2.91. The summed E-state index contributed by atoms with van der Waals surface area (Å²) in [5, 5.41) is 6.11. The predicted octanol–water partition coefficient (Wildman–Crippen LogP) is 3.45. The van der Waals surface area contributed by atoms with Crippen LogP contribution in [0.5, 0.6) is 0 Å². The average molecular weight is 257 g/mol. The first-order valence-electron chi connectivity index (χ1n) is 6.07. The summed E-state index contributed by atoms with van der Waals surface area (Å²) < 4.78 is 0. The van der Waals surface area contributed by atoms with Crippen molar-refractivity contribution in [1.82, 2.24) is 4.98 Å². The van der Waals surface area contributed by atoms with Gasteiger partial charge in [-0.3, -0.25) is 9.98 Å². The standard InChI is InChI=1S/C14H15N3S/c1-9-6-7-11-4-3-5-12(13(11)16-9)17-14-15-8-10(2)18-14/h3-7,10H,8H2,1-2H3,(H,15,17). The van der Waals surface area contributed by atoms with E-state index in [-0.39, 0.29) is 0 Å². The number of fused-ring (bicyclic) bond motifs is 1. The summed E-state index contributed by atoms with van der Waals surface area (Å²) in [4.78, 5) is 9.09. The highest BCUT2D eigenvalue weighted by Crippen LogP contribution is 2.26. The Bertz CT molecular complexity index is 621. The molecule has 3 nitrogen and oxygen atoms in total. The minimum absolute atomic E-state index is 0.567. The first-order valence-corrected chi connectivity index (χ1v) is 6.95. The van der Waals surface area contributed by atoms with Crippen molar-refractivity contribution < 1.29 is 0 Å². The number of benzene rings is 1. The second kappa shape index (κ2) is 4.61. The van der Waals surface area contributed by atoms with Gasteiger partial charge in [0.1, 0.15) is 0 Å². The van der Waals surface area contributed by atoms with Crippen molar-refractivity contribution in [3.63, 3.8) is 0 Å². The monoisotopic (exact) mass is 257 g/mol. The molecule has 0 radical (unpaired) electrons. The van der Waals surface area contributed by atoms with E-state index < -0.39 is 0 Å². The SMILES string of the molecule is Cc1ccc2cccc(NC3=NCC(C)S3)c2n1. The molecule has 0 saturated heterocycles. The topological polar surface area (TPSA) is 37.3 Å². The Hall–Kier alpha value is -1.55. The number of hydrogen-bond acceptors (Lipinski definition) is 4. The molecule has 1 aliphatic rings. The molecule has 4 heteroatoms. The molecule has 1 atom stereocenters. The number of aliphatic imine (C=N–C) groups is 1. The first kappa shape index (κ1) is 11.5. The molecule has 3 rings (SSSR count). The molecule has 0 saturated carbocycles. The van der Waals surface area contributed by atoms with Crippen molar-refractivity contribution >= 4 is 33.5 Å². The van der Waals surface area contributed by atoms with Crippen LogP contribution in [0.25, 0.3) is 10.9 Å². The molecule has 0 amide bonds. The number of pyridine rings is 1. The molecule has 1 aromatic heterocycles. The van der Waals surface area contributed by atoms with Crippen LogP contribution in [0.1, 0.15) is 12.6 Å². The summed E-state index contributed by atoms with van der Waals surface area (Å²) in [5.74, 6) is 0. The Kier molecular flexibility index (Phi) is 2.96. The lowest BCUT2D eigenvalue weighted by Crippen LogP contribution is -2.06. The molecule has 92 valence electrons. The second-order valence-corrected chi connectivity index (χ2v) is 5.96.